The molecule has 1 aliphatic carbocycles. The van der Waals surface area contributed by atoms with Crippen LogP contribution in [0.4, 0.5) is 0 Å². The van der Waals surface area contributed by atoms with E-state index in [0.29, 0.717) is 23.8 Å². The third-order valence-corrected chi connectivity index (χ3v) is 12.5. The van der Waals surface area contributed by atoms with E-state index in [4.69, 9.17) is 4.43 Å². The predicted octanol–water partition coefficient (Wildman–Crippen LogP) is 5.11. The molecule has 3 atom stereocenters. The van der Waals surface area contributed by atoms with Gasteiger partial charge in [-0.1, -0.05) is 52.6 Å². The summed E-state index contributed by atoms with van der Waals surface area (Å²) in [5.41, 5.74) is 0.607. The van der Waals surface area contributed by atoms with Crippen LogP contribution >= 0.6 is 0 Å². The van der Waals surface area contributed by atoms with Crippen molar-refractivity contribution in [3.63, 3.8) is 0 Å². The quantitative estimate of drug-likeness (QED) is 0.385. The lowest BCUT2D eigenvalue weighted by Gasteiger charge is -2.38. The highest BCUT2D eigenvalue weighted by Gasteiger charge is 2.42. The number of rotatable bonds is 6. The maximum absolute atomic E-state index is 11.1. The van der Waals surface area contributed by atoms with Gasteiger partial charge in [0, 0.05) is 18.9 Å². The van der Waals surface area contributed by atoms with Crippen molar-refractivity contribution >= 4 is 22.7 Å². The van der Waals surface area contributed by atoms with Gasteiger partial charge in [-0.15, -0.1) is 0 Å². The molecule has 0 fully saturated rings. The van der Waals surface area contributed by atoms with Gasteiger partial charge < -0.3 is 9.22 Å². The summed E-state index contributed by atoms with van der Waals surface area (Å²) in [7, 11) is -2.97. The second kappa shape index (κ2) is 6.51. The standard InChI is InChI=1S/C17H34O2Si2/c1-17(2,3)21(7,8)19-13-14-9-10-16(20(4,5)6)15(14)11-12-18/h9-10,12,14-16H,11,13H2,1-8H3/t14-,15+,16+/m0/s1. The van der Waals surface area contributed by atoms with E-state index in [1.807, 2.05) is 0 Å². The number of carbonyl (C=O) groups excluding carboxylic acids is 1. The zero-order valence-corrected chi connectivity index (χ0v) is 17.2. The van der Waals surface area contributed by atoms with Gasteiger partial charge in [-0.05, 0) is 29.6 Å². The summed E-state index contributed by atoms with van der Waals surface area (Å²) in [6.07, 6.45) is 6.47. The van der Waals surface area contributed by atoms with Gasteiger partial charge in [-0.2, -0.15) is 0 Å². The Bertz CT molecular complexity index is 389. The Morgan fingerprint density at radius 2 is 1.67 bits per heavy atom. The fourth-order valence-corrected chi connectivity index (χ4v) is 6.28. The van der Waals surface area contributed by atoms with Gasteiger partial charge in [0.15, 0.2) is 8.32 Å². The topological polar surface area (TPSA) is 26.3 Å². The minimum atomic E-state index is -1.70. The van der Waals surface area contributed by atoms with Crippen LogP contribution < -0.4 is 0 Å². The molecule has 0 aromatic heterocycles. The van der Waals surface area contributed by atoms with E-state index in [2.05, 4.69) is 65.7 Å². The molecular weight excluding hydrogens is 292 g/mol. The van der Waals surface area contributed by atoms with Crippen molar-refractivity contribution in [2.45, 2.75) is 70.5 Å². The average Bonchev–Trinajstić information content (AvgIpc) is 2.68. The van der Waals surface area contributed by atoms with Crippen LogP contribution in [-0.4, -0.2) is 29.3 Å². The van der Waals surface area contributed by atoms with Crippen LogP contribution in [0.3, 0.4) is 0 Å². The summed E-state index contributed by atoms with van der Waals surface area (Å²) in [6.45, 7) is 19.4. The van der Waals surface area contributed by atoms with Crippen molar-refractivity contribution < 1.29 is 9.22 Å². The monoisotopic (exact) mass is 326 g/mol. The summed E-state index contributed by atoms with van der Waals surface area (Å²) < 4.78 is 6.40. The minimum absolute atomic E-state index is 0.244. The Kier molecular flexibility index (Phi) is 5.84. The molecule has 0 radical (unpaired) electrons. The fourth-order valence-electron chi connectivity index (χ4n) is 2.88. The molecule has 0 heterocycles. The average molecular weight is 327 g/mol. The molecule has 0 aromatic carbocycles. The third-order valence-electron chi connectivity index (χ3n) is 5.39. The van der Waals surface area contributed by atoms with Crippen molar-refractivity contribution in [1.29, 1.82) is 0 Å². The third kappa shape index (κ3) is 4.63. The largest absolute Gasteiger partial charge is 0.416 e. The fraction of sp³-hybridized carbons (Fsp3) is 0.824. The molecule has 4 heteroatoms. The number of allylic oxidation sites excluding steroid dienone is 1. The highest BCUT2D eigenvalue weighted by molar-refractivity contribution is 6.78. The molecule has 21 heavy (non-hydrogen) atoms. The molecule has 0 bridgehead atoms. The first-order valence-electron chi connectivity index (χ1n) is 8.16. The Balaban J connectivity index is 2.76. The van der Waals surface area contributed by atoms with E-state index in [0.717, 1.165) is 12.9 Å². The van der Waals surface area contributed by atoms with E-state index in [1.165, 1.54) is 0 Å². The summed E-state index contributed by atoms with van der Waals surface area (Å²) in [6, 6.07) is 0. The molecule has 0 amide bonds. The zero-order valence-electron chi connectivity index (χ0n) is 15.2. The lowest BCUT2D eigenvalue weighted by atomic mass is 9.93. The van der Waals surface area contributed by atoms with E-state index >= 15 is 0 Å². The van der Waals surface area contributed by atoms with Crippen LogP contribution in [-0.2, 0) is 9.22 Å². The van der Waals surface area contributed by atoms with Gasteiger partial charge in [0.1, 0.15) is 6.29 Å². The second-order valence-electron chi connectivity index (χ2n) is 9.08. The SMILES string of the molecule is CC(C)(C)[Si](C)(C)OC[C@@H]1C=C[C@@H]([Si](C)(C)C)[C@@H]1CC=O. The maximum Gasteiger partial charge on any atom is 0.192 e. The second-order valence-corrected chi connectivity index (χ2v) is 19.3. The molecule has 0 aliphatic heterocycles. The van der Waals surface area contributed by atoms with Crippen LogP contribution in [0.2, 0.25) is 43.3 Å². The van der Waals surface area contributed by atoms with E-state index in [1.54, 1.807) is 0 Å². The predicted molar refractivity (Wildman–Crippen MR) is 97.0 cm³/mol. The molecule has 2 nitrogen and oxygen atoms in total. The van der Waals surface area contributed by atoms with Crippen LogP contribution in [0.1, 0.15) is 27.2 Å². The van der Waals surface area contributed by atoms with E-state index < -0.39 is 16.4 Å². The van der Waals surface area contributed by atoms with Gasteiger partial charge in [0.05, 0.1) is 8.07 Å². The van der Waals surface area contributed by atoms with Crippen LogP contribution in [0.5, 0.6) is 0 Å². The molecular formula is C17H34O2Si2. The maximum atomic E-state index is 11.1. The number of carbonyl (C=O) groups is 1. The first-order chi connectivity index (χ1) is 9.40. The number of hydrogen-bond donors (Lipinski definition) is 0. The summed E-state index contributed by atoms with van der Waals surface area (Å²) in [5, 5.41) is 0.244. The van der Waals surface area contributed by atoms with Crippen LogP contribution in [0.25, 0.3) is 0 Å². The molecule has 0 N–H and O–H groups in total. The normalized spacial score (nSPS) is 27.1. The molecule has 1 rings (SSSR count). The Hall–Kier alpha value is -0.196. The summed E-state index contributed by atoms with van der Waals surface area (Å²) >= 11 is 0. The lowest BCUT2D eigenvalue weighted by molar-refractivity contribution is -0.108. The van der Waals surface area contributed by atoms with Gasteiger partial charge in [-0.25, -0.2) is 0 Å². The highest BCUT2D eigenvalue weighted by Crippen LogP contribution is 2.44. The first-order valence-corrected chi connectivity index (χ1v) is 14.6. The summed E-state index contributed by atoms with van der Waals surface area (Å²) in [4.78, 5) is 11.1. The molecule has 0 saturated carbocycles. The van der Waals surface area contributed by atoms with Crippen LogP contribution in [0.15, 0.2) is 12.2 Å². The van der Waals surface area contributed by atoms with E-state index in [-0.39, 0.29) is 5.04 Å². The van der Waals surface area contributed by atoms with Gasteiger partial charge >= 0.3 is 0 Å². The molecule has 1 aliphatic rings. The van der Waals surface area contributed by atoms with Gasteiger partial charge in [0.2, 0.25) is 0 Å². The summed E-state index contributed by atoms with van der Waals surface area (Å²) in [5.74, 6) is 0.875. The van der Waals surface area contributed by atoms with Crippen molar-refractivity contribution in [3.05, 3.63) is 12.2 Å². The Morgan fingerprint density at radius 1 is 1.10 bits per heavy atom. The van der Waals surface area contributed by atoms with E-state index in [9.17, 15) is 4.79 Å². The molecule has 0 unspecified atom stereocenters. The highest BCUT2D eigenvalue weighted by atomic mass is 28.4. The number of aldehydes is 1. The van der Waals surface area contributed by atoms with Crippen LogP contribution in [0, 0.1) is 11.8 Å². The number of hydrogen-bond acceptors (Lipinski definition) is 2. The Morgan fingerprint density at radius 3 is 2.10 bits per heavy atom. The minimum Gasteiger partial charge on any atom is -0.416 e. The smallest absolute Gasteiger partial charge is 0.192 e. The van der Waals surface area contributed by atoms with Gasteiger partial charge in [0.25, 0.3) is 0 Å². The van der Waals surface area contributed by atoms with Crippen molar-refractivity contribution in [2.75, 3.05) is 6.61 Å². The molecule has 0 saturated heterocycles. The van der Waals surface area contributed by atoms with Crippen molar-refractivity contribution in [3.8, 4) is 0 Å². The van der Waals surface area contributed by atoms with Gasteiger partial charge in [-0.3, -0.25) is 0 Å². The van der Waals surface area contributed by atoms with Crippen molar-refractivity contribution in [2.24, 2.45) is 11.8 Å². The molecule has 122 valence electrons. The Labute approximate surface area is 133 Å². The molecule has 0 aromatic rings. The first kappa shape index (κ1) is 18.9. The van der Waals surface area contributed by atoms with Crippen molar-refractivity contribution in [1.82, 2.24) is 0 Å². The zero-order chi connectivity index (χ0) is 16.5. The molecule has 0 spiro atoms. The lowest BCUT2D eigenvalue weighted by Crippen LogP contribution is -2.42.